The topological polar surface area (TPSA) is 94.5 Å². The predicted molar refractivity (Wildman–Crippen MR) is 125 cm³/mol. The first-order chi connectivity index (χ1) is 16.4. The fourth-order valence-corrected chi connectivity index (χ4v) is 5.17. The van der Waals surface area contributed by atoms with Crippen LogP contribution in [-0.4, -0.2) is 37.0 Å². The maximum Gasteiger partial charge on any atom is 0.302 e. The summed E-state index contributed by atoms with van der Waals surface area (Å²) in [7, 11) is 3.13. The van der Waals surface area contributed by atoms with E-state index in [1.807, 2.05) is 18.2 Å². The summed E-state index contributed by atoms with van der Waals surface area (Å²) in [5.74, 6) is 1.46. The van der Waals surface area contributed by atoms with Gasteiger partial charge in [0.05, 0.1) is 20.1 Å². The van der Waals surface area contributed by atoms with Crippen molar-refractivity contribution in [2.45, 2.75) is 31.8 Å². The van der Waals surface area contributed by atoms with Crippen LogP contribution in [0.5, 0.6) is 28.7 Å². The number of benzene rings is 3. The van der Waals surface area contributed by atoms with Crippen molar-refractivity contribution >= 4 is 5.97 Å². The van der Waals surface area contributed by atoms with Gasteiger partial charge in [-0.3, -0.25) is 4.79 Å². The highest BCUT2D eigenvalue weighted by Crippen LogP contribution is 2.53. The zero-order chi connectivity index (χ0) is 24.0. The molecule has 0 saturated heterocycles. The minimum Gasteiger partial charge on any atom is -0.508 e. The van der Waals surface area contributed by atoms with Crippen LogP contribution in [0.2, 0.25) is 0 Å². The van der Waals surface area contributed by atoms with Crippen LogP contribution in [0, 0.1) is 0 Å². The molecule has 3 aromatic rings. The van der Waals surface area contributed by atoms with Gasteiger partial charge in [-0.25, -0.2) is 0 Å². The van der Waals surface area contributed by atoms with Crippen molar-refractivity contribution in [3.8, 4) is 39.9 Å². The van der Waals surface area contributed by atoms with Crippen LogP contribution in [0.1, 0.15) is 41.2 Å². The van der Waals surface area contributed by atoms with Crippen LogP contribution in [0.3, 0.4) is 0 Å². The third-order valence-corrected chi connectivity index (χ3v) is 6.55. The van der Waals surface area contributed by atoms with Crippen LogP contribution in [0.4, 0.5) is 0 Å². The van der Waals surface area contributed by atoms with Crippen LogP contribution in [-0.2, 0) is 22.4 Å². The maximum absolute atomic E-state index is 11.7. The second-order valence-electron chi connectivity index (χ2n) is 8.60. The molecule has 0 radical (unpaired) electrons. The minimum atomic E-state index is -0.468. The summed E-state index contributed by atoms with van der Waals surface area (Å²) in [5, 5.41) is 20.3. The normalized spacial score (nSPS) is 17.7. The molecule has 2 N–H and O–H groups in total. The van der Waals surface area contributed by atoms with Crippen molar-refractivity contribution in [1.82, 2.24) is 0 Å². The second kappa shape index (κ2) is 8.48. The first-order valence-electron chi connectivity index (χ1n) is 11.1. The molecule has 0 amide bonds. The monoisotopic (exact) mass is 462 g/mol. The predicted octanol–water partition coefficient (Wildman–Crippen LogP) is 4.66. The van der Waals surface area contributed by atoms with E-state index in [0.29, 0.717) is 11.5 Å². The van der Waals surface area contributed by atoms with Crippen LogP contribution < -0.4 is 14.2 Å². The Labute approximate surface area is 197 Å². The molecule has 1 heterocycles. The zero-order valence-electron chi connectivity index (χ0n) is 19.3. The van der Waals surface area contributed by atoms with Crippen molar-refractivity contribution in [2.24, 2.45) is 0 Å². The smallest absolute Gasteiger partial charge is 0.302 e. The largest absolute Gasteiger partial charge is 0.508 e. The summed E-state index contributed by atoms with van der Waals surface area (Å²) in [4.78, 5) is 11.7. The van der Waals surface area contributed by atoms with Gasteiger partial charge in [0.1, 0.15) is 41.5 Å². The average Bonchev–Trinajstić information content (AvgIpc) is 3.20. The molecule has 1 aliphatic carbocycles. The molecule has 7 nitrogen and oxygen atoms in total. The van der Waals surface area contributed by atoms with Crippen LogP contribution in [0.15, 0.2) is 42.5 Å². The molecule has 0 saturated carbocycles. The fraction of sp³-hybridized carbons (Fsp3) is 0.296. The van der Waals surface area contributed by atoms with Crippen LogP contribution in [0.25, 0.3) is 11.1 Å². The van der Waals surface area contributed by atoms with E-state index in [-0.39, 0.29) is 30.0 Å². The van der Waals surface area contributed by atoms with Gasteiger partial charge in [-0.2, -0.15) is 0 Å². The van der Waals surface area contributed by atoms with E-state index in [9.17, 15) is 15.0 Å². The quantitative estimate of drug-likeness (QED) is 0.533. The number of phenolic OH excluding ortho intramolecular Hbond substituents is 2. The zero-order valence-corrected chi connectivity index (χ0v) is 19.3. The first-order valence-corrected chi connectivity index (χ1v) is 11.1. The Morgan fingerprint density at radius 3 is 2.56 bits per heavy atom. The van der Waals surface area contributed by atoms with Gasteiger partial charge >= 0.3 is 5.97 Å². The minimum absolute atomic E-state index is 0.0700. The van der Waals surface area contributed by atoms with Crippen molar-refractivity contribution in [3.05, 3.63) is 64.7 Å². The Kier molecular flexibility index (Phi) is 5.48. The van der Waals surface area contributed by atoms with E-state index in [0.717, 1.165) is 52.0 Å². The highest BCUT2D eigenvalue weighted by molar-refractivity contribution is 5.82. The Morgan fingerprint density at radius 1 is 1.03 bits per heavy atom. The highest BCUT2D eigenvalue weighted by Gasteiger charge is 2.40. The van der Waals surface area contributed by atoms with E-state index in [1.165, 1.54) is 20.1 Å². The number of fused-ring (bicyclic) bond motifs is 5. The molecule has 0 fully saturated rings. The number of aryl methyl sites for hydroxylation is 1. The summed E-state index contributed by atoms with van der Waals surface area (Å²) in [6.45, 7) is 1.53. The molecule has 0 unspecified atom stereocenters. The molecular weight excluding hydrogens is 436 g/mol. The van der Waals surface area contributed by atoms with E-state index in [1.54, 1.807) is 25.3 Å². The summed E-state index contributed by atoms with van der Waals surface area (Å²) in [6, 6.07) is 12.3. The third-order valence-electron chi connectivity index (χ3n) is 6.55. The molecule has 1 aliphatic heterocycles. The van der Waals surface area contributed by atoms with Gasteiger partial charge in [0, 0.05) is 35.7 Å². The average molecular weight is 462 g/mol. The van der Waals surface area contributed by atoms with E-state index in [4.69, 9.17) is 18.9 Å². The number of hydrogen-bond acceptors (Lipinski definition) is 7. The number of esters is 1. The van der Waals surface area contributed by atoms with Gasteiger partial charge in [0.2, 0.25) is 0 Å². The molecule has 2 aliphatic rings. The Hall–Kier alpha value is -3.87. The molecular formula is C27H26O7. The fourth-order valence-electron chi connectivity index (χ4n) is 5.17. The number of hydrogen-bond donors (Lipinski definition) is 2. The summed E-state index contributed by atoms with van der Waals surface area (Å²) < 4.78 is 22.8. The molecule has 3 aromatic carbocycles. The van der Waals surface area contributed by atoms with Gasteiger partial charge in [0.15, 0.2) is 0 Å². The van der Waals surface area contributed by atoms with Gasteiger partial charge in [-0.15, -0.1) is 0 Å². The molecule has 0 bridgehead atoms. The lowest BCUT2D eigenvalue weighted by atomic mass is 9.78. The van der Waals surface area contributed by atoms with Gasteiger partial charge in [-0.05, 0) is 53.8 Å². The van der Waals surface area contributed by atoms with E-state index in [2.05, 4.69) is 0 Å². The number of phenols is 2. The Bertz CT molecular complexity index is 1260. The SMILES string of the molecule is COc1cc(O)cc([C@@H]2Oc3ccc4c(c3[C@H]2COC(C)=O)CCc2cc(O)cc(OC)c2-4)c1. The lowest BCUT2D eigenvalue weighted by Crippen LogP contribution is -2.18. The number of methoxy groups -OCH3 is 2. The van der Waals surface area contributed by atoms with E-state index >= 15 is 0 Å². The van der Waals surface area contributed by atoms with Crippen LogP contribution >= 0.6 is 0 Å². The highest BCUT2D eigenvalue weighted by atomic mass is 16.5. The second-order valence-corrected chi connectivity index (χ2v) is 8.60. The maximum atomic E-state index is 11.7. The molecule has 34 heavy (non-hydrogen) atoms. The van der Waals surface area contributed by atoms with Gasteiger partial charge in [0.25, 0.3) is 0 Å². The standard InChI is InChI=1S/C27H26O7/c1-14(28)33-13-22-26-21-5-4-15-8-18(30)12-24(32-3)25(15)20(21)6-7-23(26)34-27(22)16-9-17(29)11-19(10-16)31-2/h6-12,22,27,29-30H,4-5,13H2,1-3H3/t22-,27+/m1/s1. The number of rotatable bonds is 5. The number of ether oxygens (including phenoxy) is 4. The molecule has 7 heteroatoms. The number of carbonyl (C=O) groups excluding carboxylic acids is 1. The molecule has 0 spiro atoms. The first kappa shape index (κ1) is 21.9. The van der Waals surface area contributed by atoms with Crippen molar-refractivity contribution in [3.63, 3.8) is 0 Å². The summed E-state index contributed by atoms with van der Waals surface area (Å²) in [6.07, 6.45) is 1.01. The Balaban J connectivity index is 1.65. The molecule has 2 atom stereocenters. The Morgan fingerprint density at radius 2 is 1.82 bits per heavy atom. The molecule has 176 valence electrons. The van der Waals surface area contributed by atoms with Crippen molar-refractivity contribution in [1.29, 1.82) is 0 Å². The summed E-state index contributed by atoms with van der Waals surface area (Å²) in [5.41, 5.74) is 5.83. The van der Waals surface area contributed by atoms with Gasteiger partial charge in [-0.1, -0.05) is 6.07 Å². The van der Waals surface area contributed by atoms with Gasteiger partial charge < -0.3 is 29.2 Å². The third kappa shape index (κ3) is 3.67. The van der Waals surface area contributed by atoms with Crippen molar-refractivity contribution in [2.75, 3.05) is 20.8 Å². The van der Waals surface area contributed by atoms with E-state index < -0.39 is 6.10 Å². The number of carbonyl (C=O) groups is 1. The molecule has 0 aromatic heterocycles. The molecule has 5 rings (SSSR count). The van der Waals surface area contributed by atoms with Crippen molar-refractivity contribution < 1.29 is 34.0 Å². The summed E-state index contributed by atoms with van der Waals surface area (Å²) >= 11 is 0. The lowest BCUT2D eigenvalue weighted by Gasteiger charge is -2.26. The number of aromatic hydroxyl groups is 2. The lowest BCUT2D eigenvalue weighted by molar-refractivity contribution is -0.141.